The third kappa shape index (κ3) is 9.35. The molecule has 2 aromatic rings. The van der Waals surface area contributed by atoms with Gasteiger partial charge in [0, 0.05) is 22.9 Å². The molecule has 41 heavy (non-hydrogen) atoms. The number of carbonyl (C=O) groups is 4. The fourth-order valence-corrected chi connectivity index (χ4v) is 5.74. The second-order valence-electron chi connectivity index (χ2n) is 9.74. The lowest BCUT2D eigenvalue weighted by Crippen LogP contribution is -2.52. The number of Topliss-reactive ketones (excluding diaryl/α,β-unsaturated/α-hetero) is 2. The largest absolute Gasteiger partial charge is 0.468 e. The zero-order chi connectivity index (χ0) is 30.5. The SMILES string of the molecule is COC(=O)CBr.COC(=O)CNC1(c2ccccc2Cl)CCCCC1=O.NC1(c2ccccc2Cl)CCCCC1=O. The average Bonchev–Trinajstić information content (AvgIpc) is 2.99. The summed E-state index contributed by atoms with van der Waals surface area (Å²) in [5.41, 5.74) is 5.99. The van der Waals surface area contributed by atoms with Gasteiger partial charge in [0.1, 0.15) is 16.4 Å². The molecule has 2 aromatic carbocycles. The Morgan fingerprint density at radius 1 is 0.829 bits per heavy atom. The van der Waals surface area contributed by atoms with Gasteiger partial charge in [0.15, 0.2) is 11.6 Å². The molecule has 4 rings (SSSR count). The van der Waals surface area contributed by atoms with Crippen LogP contribution in [0.2, 0.25) is 10.0 Å². The third-order valence-electron chi connectivity index (χ3n) is 7.19. The summed E-state index contributed by atoms with van der Waals surface area (Å²) in [5, 5.41) is 4.50. The van der Waals surface area contributed by atoms with E-state index in [0.717, 1.165) is 36.8 Å². The normalized spacial score (nSPS) is 21.9. The van der Waals surface area contributed by atoms with Gasteiger partial charge in [-0.05, 0) is 48.9 Å². The lowest BCUT2D eigenvalue weighted by molar-refractivity contribution is -0.141. The van der Waals surface area contributed by atoms with Crippen LogP contribution in [0, 0.1) is 0 Å². The van der Waals surface area contributed by atoms with Crippen molar-refractivity contribution < 1.29 is 28.7 Å². The number of hydrogen-bond acceptors (Lipinski definition) is 8. The standard InChI is InChI=1S/C15H18ClNO3.C12H14ClNO.C3H5BrO2/c1-20-14(19)10-17-15(9-5-4-8-13(15)18)11-6-2-3-7-12(11)16;13-10-6-2-1-5-9(10)12(14)8-4-3-7-11(12)15;1-6-3(5)2-4/h2-3,6-7,17H,4-5,8-10H2,1H3;1-2,5-6H,3-4,7-8,14H2;2H2,1H3. The smallest absolute Gasteiger partial charge is 0.319 e. The monoisotopic (exact) mass is 670 g/mol. The van der Waals surface area contributed by atoms with Crippen molar-refractivity contribution in [3.63, 3.8) is 0 Å². The van der Waals surface area contributed by atoms with Crippen LogP contribution in [-0.4, -0.2) is 49.6 Å². The summed E-state index contributed by atoms with van der Waals surface area (Å²) in [5.74, 6) is -0.438. The van der Waals surface area contributed by atoms with Crippen molar-refractivity contribution in [2.45, 2.75) is 62.4 Å². The summed E-state index contributed by atoms with van der Waals surface area (Å²) in [6.45, 7) is -0.00648. The maximum atomic E-state index is 12.5. The number of ether oxygens (including phenoxy) is 2. The van der Waals surface area contributed by atoms with Crippen LogP contribution in [0.1, 0.15) is 62.5 Å². The van der Waals surface area contributed by atoms with Gasteiger partial charge in [0.25, 0.3) is 0 Å². The fourth-order valence-electron chi connectivity index (χ4n) is 4.91. The Morgan fingerprint density at radius 2 is 1.34 bits per heavy atom. The molecule has 2 aliphatic rings. The molecule has 3 N–H and O–H groups in total. The van der Waals surface area contributed by atoms with Crippen LogP contribution in [0.3, 0.4) is 0 Å². The lowest BCUT2D eigenvalue weighted by Gasteiger charge is -2.37. The van der Waals surface area contributed by atoms with E-state index in [1.165, 1.54) is 14.2 Å². The first-order chi connectivity index (χ1) is 19.5. The molecule has 0 aliphatic heterocycles. The number of methoxy groups -OCH3 is 2. The van der Waals surface area contributed by atoms with Gasteiger partial charge in [-0.1, -0.05) is 88.4 Å². The van der Waals surface area contributed by atoms with Gasteiger partial charge in [0.2, 0.25) is 0 Å². The van der Waals surface area contributed by atoms with E-state index in [-0.39, 0.29) is 29.4 Å². The number of nitrogens with two attached hydrogens (primary N) is 1. The van der Waals surface area contributed by atoms with Crippen molar-refractivity contribution >= 4 is 62.6 Å². The van der Waals surface area contributed by atoms with E-state index in [4.69, 9.17) is 28.9 Å². The molecule has 0 aromatic heterocycles. The molecule has 0 saturated heterocycles. The van der Waals surface area contributed by atoms with Gasteiger partial charge < -0.3 is 15.2 Å². The van der Waals surface area contributed by atoms with Crippen LogP contribution < -0.4 is 11.1 Å². The third-order valence-corrected chi connectivity index (χ3v) is 8.31. The first-order valence-electron chi connectivity index (χ1n) is 13.4. The number of alkyl halides is 1. The number of benzene rings is 2. The van der Waals surface area contributed by atoms with Crippen LogP contribution in [-0.2, 0) is 39.7 Å². The highest BCUT2D eigenvalue weighted by atomic mass is 79.9. The molecule has 0 spiro atoms. The summed E-state index contributed by atoms with van der Waals surface area (Å²) in [7, 11) is 2.68. The van der Waals surface area contributed by atoms with E-state index >= 15 is 0 Å². The maximum absolute atomic E-state index is 12.5. The van der Waals surface area contributed by atoms with Crippen molar-refractivity contribution in [1.82, 2.24) is 5.32 Å². The number of rotatable bonds is 6. The second-order valence-corrected chi connectivity index (χ2v) is 11.1. The predicted octanol–water partition coefficient (Wildman–Crippen LogP) is 5.63. The highest BCUT2D eigenvalue weighted by Gasteiger charge is 2.42. The van der Waals surface area contributed by atoms with Crippen LogP contribution in [0.4, 0.5) is 0 Å². The van der Waals surface area contributed by atoms with Crippen LogP contribution in [0.5, 0.6) is 0 Å². The average molecular weight is 672 g/mol. The molecular weight excluding hydrogens is 635 g/mol. The Balaban J connectivity index is 0.000000246. The quantitative estimate of drug-likeness (QED) is 0.299. The topological polar surface area (TPSA) is 125 Å². The highest BCUT2D eigenvalue weighted by Crippen LogP contribution is 2.38. The van der Waals surface area contributed by atoms with Crippen LogP contribution in [0.15, 0.2) is 48.5 Å². The van der Waals surface area contributed by atoms with E-state index < -0.39 is 17.0 Å². The number of carbonyl (C=O) groups excluding carboxylic acids is 4. The van der Waals surface area contributed by atoms with E-state index in [1.807, 2.05) is 36.4 Å². The minimum absolute atomic E-state index is 0.00648. The maximum Gasteiger partial charge on any atom is 0.319 e. The number of esters is 2. The van der Waals surface area contributed by atoms with Crippen LogP contribution >= 0.6 is 39.1 Å². The van der Waals surface area contributed by atoms with E-state index in [0.29, 0.717) is 35.7 Å². The lowest BCUT2D eigenvalue weighted by atomic mass is 9.75. The Bertz CT molecular complexity index is 1210. The Kier molecular flexibility index (Phi) is 14.4. The highest BCUT2D eigenvalue weighted by molar-refractivity contribution is 9.09. The zero-order valence-electron chi connectivity index (χ0n) is 23.4. The van der Waals surface area contributed by atoms with Gasteiger partial charge >= 0.3 is 11.9 Å². The molecular formula is C30H37BrCl2N2O6. The Morgan fingerprint density at radius 3 is 1.80 bits per heavy atom. The first-order valence-corrected chi connectivity index (χ1v) is 15.2. The summed E-state index contributed by atoms with van der Waals surface area (Å²) >= 11 is 15.2. The number of halogens is 3. The van der Waals surface area contributed by atoms with E-state index in [9.17, 15) is 19.2 Å². The molecule has 2 fully saturated rings. The van der Waals surface area contributed by atoms with Gasteiger partial charge in [-0.2, -0.15) is 0 Å². The van der Waals surface area contributed by atoms with Crippen molar-refractivity contribution in [3.8, 4) is 0 Å². The van der Waals surface area contributed by atoms with Crippen molar-refractivity contribution in [2.24, 2.45) is 5.73 Å². The molecule has 0 bridgehead atoms. The fraction of sp³-hybridized carbons (Fsp3) is 0.467. The molecule has 2 saturated carbocycles. The minimum Gasteiger partial charge on any atom is -0.468 e. The van der Waals surface area contributed by atoms with E-state index in [2.05, 4.69) is 30.7 Å². The van der Waals surface area contributed by atoms with E-state index in [1.54, 1.807) is 12.1 Å². The molecule has 224 valence electrons. The summed E-state index contributed by atoms with van der Waals surface area (Å²) < 4.78 is 8.86. The Hall–Kier alpha value is -2.30. The molecule has 8 nitrogen and oxygen atoms in total. The summed E-state index contributed by atoms with van der Waals surface area (Å²) in [6, 6.07) is 14.6. The van der Waals surface area contributed by atoms with Crippen molar-refractivity contribution in [1.29, 1.82) is 0 Å². The van der Waals surface area contributed by atoms with Gasteiger partial charge in [-0.3, -0.25) is 24.5 Å². The molecule has 11 heteroatoms. The predicted molar refractivity (Wildman–Crippen MR) is 163 cm³/mol. The number of ketones is 2. The van der Waals surface area contributed by atoms with Gasteiger partial charge in [-0.25, -0.2) is 0 Å². The molecule has 0 amide bonds. The summed E-state index contributed by atoms with van der Waals surface area (Å²) in [6.07, 6.45) is 6.16. The second kappa shape index (κ2) is 17.0. The molecule has 0 radical (unpaired) electrons. The zero-order valence-corrected chi connectivity index (χ0v) is 26.4. The Labute approximate surface area is 259 Å². The minimum atomic E-state index is -0.870. The van der Waals surface area contributed by atoms with Crippen molar-refractivity contribution in [3.05, 3.63) is 69.7 Å². The van der Waals surface area contributed by atoms with Gasteiger partial charge in [0.05, 0.1) is 20.8 Å². The number of nitrogens with one attached hydrogen (secondary N) is 1. The molecule has 2 atom stereocenters. The summed E-state index contributed by atoms with van der Waals surface area (Å²) in [4.78, 5) is 45.7. The van der Waals surface area contributed by atoms with Gasteiger partial charge in [-0.15, -0.1) is 0 Å². The molecule has 2 aliphatic carbocycles. The van der Waals surface area contributed by atoms with Crippen LogP contribution in [0.25, 0.3) is 0 Å². The molecule has 0 heterocycles. The van der Waals surface area contributed by atoms with Crippen molar-refractivity contribution in [2.75, 3.05) is 26.1 Å². The number of hydrogen-bond donors (Lipinski definition) is 2. The first kappa shape index (κ1) is 34.9. The molecule has 2 unspecified atom stereocenters.